The molecule has 2 N–H and O–H groups in total. The summed E-state index contributed by atoms with van der Waals surface area (Å²) in [4.78, 5) is 14.9. The fourth-order valence-electron chi connectivity index (χ4n) is 1.12. The van der Waals surface area contributed by atoms with E-state index in [9.17, 15) is 9.18 Å². The highest BCUT2D eigenvalue weighted by Gasteiger charge is 2.09. The lowest BCUT2D eigenvalue weighted by Gasteiger charge is -2.05. The Hall–Kier alpha value is -2.44. The molecule has 6 nitrogen and oxygen atoms in total. The largest absolute Gasteiger partial charge is 0.361 e. The summed E-state index contributed by atoms with van der Waals surface area (Å²) in [6, 6.07) is 4.12. The summed E-state index contributed by atoms with van der Waals surface area (Å²) in [5.74, 6) is -0.501. The van der Waals surface area contributed by atoms with Crippen LogP contribution in [-0.4, -0.2) is 16.0 Å². The Morgan fingerprint density at radius 3 is 2.88 bits per heavy atom. The quantitative estimate of drug-likeness (QED) is 0.619. The maximum Gasteiger partial charge on any atom is 0.291 e. The molecule has 0 aromatic carbocycles. The van der Waals surface area contributed by atoms with E-state index in [0.29, 0.717) is 11.4 Å². The van der Waals surface area contributed by atoms with Crippen LogP contribution in [0.5, 0.6) is 0 Å². The van der Waals surface area contributed by atoms with Crippen LogP contribution in [0.15, 0.2) is 28.9 Å². The van der Waals surface area contributed by atoms with Gasteiger partial charge in [-0.15, -0.1) is 0 Å². The highest BCUT2D eigenvalue weighted by Crippen LogP contribution is 2.04. The van der Waals surface area contributed by atoms with Crippen LogP contribution in [0.4, 0.5) is 10.1 Å². The molecule has 0 aliphatic heterocycles. The van der Waals surface area contributed by atoms with Crippen molar-refractivity contribution in [3.63, 3.8) is 0 Å². The second-order valence-corrected chi connectivity index (χ2v) is 3.27. The molecule has 0 fully saturated rings. The van der Waals surface area contributed by atoms with E-state index in [1.807, 2.05) is 0 Å². The molecule has 0 radical (unpaired) electrons. The highest BCUT2D eigenvalue weighted by atomic mass is 19.1. The maximum atomic E-state index is 12.5. The molecule has 0 aliphatic rings. The van der Waals surface area contributed by atoms with Crippen LogP contribution in [0.3, 0.4) is 0 Å². The number of pyridine rings is 1. The molecule has 2 aromatic heterocycles. The summed E-state index contributed by atoms with van der Waals surface area (Å²) in [5.41, 5.74) is 5.56. The molecule has 2 rings (SSSR count). The van der Waals surface area contributed by atoms with Crippen molar-refractivity contribution in [2.75, 3.05) is 5.43 Å². The lowest BCUT2D eigenvalue weighted by atomic mass is 10.4. The number of nitrogens with one attached hydrogen (secondary N) is 2. The molecule has 1 amide bonds. The van der Waals surface area contributed by atoms with Gasteiger partial charge in [0.05, 0.1) is 11.9 Å². The van der Waals surface area contributed by atoms with Crippen LogP contribution in [0, 0.1) is 12.9 Å². The van der Waals surface area contributed by atoms with Gasteiger partial charge in [0.2, 0.25) is 5.95 Å². The number of rotatable bonds is 3. The molecule has 2 aromatic rings. The van der Waals surface area contributed by atoms with Crippen molar-refractivity contribution in [1.82, 2.24) is 15.6 Å². The fourth-order valence-corrected chi connectivity index (χ4v) is 1.12. The zero-order chi connectivity index (χ0) is 12.3. The predicted octanol–water partition coefficient (Wildman–Crippen LogP) is 1.27. The third-order valence-corrected chi connectivity index (χ3v) is 1.91. The molecular formula is C10H9FN4O2. The number of aromatic nitrogens is 2. The van der Waals surface area contributed by atoms with Gasteiger partial charge in [0.25, 0.3) is 5.91 Å². The van der Waals surface area contributed by atoms with Gasteiger partial charge in [-0.2, -0.15) is 4.39 Å². The van der Waals surface area contributed by atoms with Crippen molar-refractivity contribution in [3.05, 3.63) is 41.8 Å². The molecule has 0 bridgehead atoms. The normalized spacial score (nSPS) is 10.0. The minimum Gasteiger partial charge on any atom is -0.361 e. The van der Waals surface area contributed by atoms with E-state index in [-0.39, 0.29) is 5.69 Å². The van der Waals surface area contributed by atoms with E-state index >= 15 is 0 Å². The van der Waals surface area contributed by atoms with E-state index in [1.54, 1.807) is 6.92 Å². The van der Waals surface area contributed by atoms with Crippen LogP contribution >= 0.6 is 0 Å². The Morgan fingerprint density at radius 1 is 1.47 bits per heavy atom. The van der Waals surface area contributed by atoms with Gasteiger partial charge in [0.1, 0.15) is 5.76 Å². The van der Waals surface area contributed by atoms with Gasteiger partial charge in [-0.25, -0.2) is 4.98 Å². The molecule has 2 heterocycles. The van der Waals surface area contributed by atoms with E-state index in [0.717, 1.165) is 0 Å². The Bertz CT molecular complexity index is 523. The first-order chi connectivity index (χ1) is 8.15. The van der Waals surface area contributed by atoms with Crippen molar-refractivity contribution in [2.45, 2.75) is 6.92 Å². The SMILES string of the molecule is Cc1cc(C(=O)NNc2ccc(F)nc2)no1. The molecule has 0 aliphatic carbocycles. The number of carbonyl (C=O) groups is 1. The van der Waals surface area contributed by atoms with Crippen molar-refractivity contribution in [1.29, 1.82) is 0 Å². The van der Waals surface area contributed by atoms with Crippen LogP contribution in [0.2, 0.25) is 0 Å². The first-order valence-electron chi connectivity index (χ1n) is 4.76. The third kappa shape index (κ3) is 2.77. The molecule has 17 heavy (non-hydrogen) atoms. The number of amides is 1. The second kappa shape index (κ2) is 4.60. The number of anilines is 1. The third-order valence-electron chi connectivity index (χ3n) is 1.91. The van der Waals surface area contributed by atoms with Crippen LogP contribution in [0.25, 0.3) is 0 Å². The Morgan fingerprint density at radius 2 is 2.29 bits per heavy atom. The average Bonchev–Trinajstić information content (AvgIpc) is 2.75. The Balaban J connectivity index is 1.94. The van der Waals surface area contributed by atoms with Crippen molar-refractivity contribution in [2.24, 2.45) is 0 Å². The predicted molar refractivity (Wildman–Crippen MR) is 56.5 cm³/mol. The average molecular weight is 236 g/mol. The van der Waals surface area contributed by atoms with E-state index in [4.69, 9.17) is 4.52 Å². The van der Waals surface area contributed by atoms with Gasteiger partial charge in [-0.05, 0) is 19.1 Å². The van der Waals surface area contributed by atoms with E-state index in [2.05, 4.69) is 21.0 Å². The van der Waals surface area contributed by atoms with Crippen molar-refractivity contribution >= 4 is 11.6 Å². The van der Waals surface area contributed by atoms with Crippen LogP contribution in [-0.2, 0) is 0 Å². The zero-order valence-corrected chi connectivity index (χ0v) is 8.90. The lowest BCUT2D eigenvalue weighted by Crippen LogP contribution is -2.29. The smallest absolute Gasteiger partial charge is 0.291 e. The zero-order valence-electron chi connectivity index (χ0n) is 8.90. The molecule has 0 spiro atoms. The summed E-state index contributed by atoms with van der Waals surface area (Å²) in [5, 5.41) is 3.54. The van der Waals surface area contributed by atoms with Gasteiger partial charge in [0.15, 0.2) is 5.69 Å². The molecule has 88 valence electrons. The second-order valence-electron chi connectivity index (χ2n) is 3.27. The van der Waals surface area contributed by atoms with Crippen LogP contribution < -0.4 is 10.9 Å². The molecule has 0 saturated heterocycles. The molecule has 0 saturated carbocycles. The summed E-state index contributed by atoms with van der Waals surface area (Å²) >= 11 is 0. The summed E-state index contributed by atoms with van der Waals surface area (Å²) in [6.07, 6.45) is 1.25. The number of hydrogen-bond donors (Lipinski definition) is 2. The first kappa shape index (κ1) is 11.1. The molecule has 0 unspecified atom stereocenters. The van der Waals surface area contributed by atoms with Gasteiger partial charge < -0.3 is 4.52 Å². The number of hydrazine groups is 1. The van der Waals surface area contributed by atoms with Crippen molar-refractivity contribution < 1.29 is 13.7 Å². The minimum absolute atomic E-state index is 0.157. The van der Waals surface area contributed by atoms with Gasteiger partial charge >= 0.3 is 0 Å². The monoisotopic (exact) mass is 236 g/mol. The van der Waals surface area contributed by atoms with E-state index in [1.165, 1.54) is 24.4 Å². The number of nitrogens with zero attached hydrogens (tertiary/aromatic N) is 2. The topological polar surface area (TPSA) is 80.0 Å². The lowest BCUT2D eigenvalue weighted by molar-refractivity contribution is 0.0953. The molecular weight excluding hydrogens is 227 g/mol. The van der Waals surface area contributed by atoms with Crippen LogP contribution in [0.1, 0.15) is 16.2 Å². The fraction of sp³-hybridized carbons (Fsp3) is 0.100. The van der Waals surface area contributed by atoms with E-state index < -0.39 is 11.9 Å². The number of hydrogen-bond acceptors (Lipinski definition) is 5. The summed E-state index contributed by atoms with van der Waals surface area (Å²) in [6.45, 7) is 1.68. The highest BCUT2D eigenvalue weighted by molar-refractivity contribution is 5.92. The first-order valence-corrected chi connectivity index (χ1v) is 4.76. The summed E-state index contributed by atoms with van der Waals surface area (Å²) < 4.78 is 17.3. The van der Waals surface area contributed by atoms with Gasteiger partial charge in [0, 0.05) is 6.07 Å². The number of aryl methyl sites for hydroxylation is 1. The molecule has 0 atom stereocenters. The van der Waals surface area contributed by atoms with Crippen molar-refractivity contribution in [3.8, 4) is 0 Å². The summed E-state index contributed by atoms with van der Waals surface area (Å²) in [7, 11) is 0. The maximum absolute atomic E-state index is 12.5. The van der Waals surface area contributed by atoms with Gasteiger partial charge in [-0.3, -0.25) is 15.6 Å². The Kier molecular flexibility index (Phi) is 2.99. The number of carbonyl (C=O) groups excluding carboxylic acids is 1. The Labute approximate surface area is 95.8 Å². The number of halogens is 1. The minimum atomic E-state index is -0.589. The standard InChI is InChI=1S/C10H9FN4O2/c1-6-4-8(15-17-6)10(16)14-13-7-2-3-9(11)12-5-7/h2-5,13H,1H3,(H,14,16). The van der Waals surface area contributed by atoms with Gasteiger partial charge in [-0.1, -0.05) is 5.16 Å². The molecule has 7 heteroatoms.